The number of carbonyl (C=O) groups is 2. The molecule has 0 spiro atoms. The van der Waals surface area contributed by atoms with Crippen molar-refractivity contribution in [1.29, 1.82) is 0 Å². The summed E-state index contributed by atoms with van der Waals surface area (Å²) in [6, 6.07) is 3.42. The predicted octanol–water partition coefficient (Wildman–Crippen LogP) is 1.24. The van der Waals surface area contributed by atoms with Gasteiger partial charge in [0.2, 0.25) is 6.10 Å². The highest BCUT2D eigenvalue weighted by Crippen LogP contribution is 2.17. The molecule has 1 aliphatic carbocycles. The smallest absolute Gasteiger partial charge is 0.333 e. The Labute approximate surface area is 140 Å². The zero-order valence-corrected chi connectivity index (χ0v) is 13.3. The number of aromatic nitrogens is 1. The summed E-state index contributed by atoms with van der Waals surface area (Å²) < 4.78 is 0. The zero-order chi connectivity index (χ0) is 16.8. The SMILES string of the molecule is O=C(NNC(=O)[C@@H]1CC(c2cccnc2)=NO1)NC1CCCCC1. The van der Waals surface area contributed by atoms with E-state index in [-0.39, 0.29) is 6.04 Å². The topological polar surface area (TPSA) is 105 Å². The minimum Gasteiger partial charge on any atom is -0.382 e. The Hall–Kier alpha value is -2.64. The quantitative estimate of drug-likeness (QED) is 0.725. The summed E-state index contributed by atoms with van der Waals surface area (Å²) in [7, 11) is 0. The van der Waals surface area contributed by atoms with E-state index in [1.165, 1.54) is 6.42 Å². The molecule has 0 unspecified atom stereocenters. The molecule has 1 fully saturated rings. The number of carbonyl (C=O) groups excluding carboxylic acids is 2. The molecule has 128 valence electrons. The lowest BCUT2D eigenvalue weighted by molar-refractivity contribution is -0.131. The van der Waals surface area contributed by atoms with Crippen molar-refractivity contribution in [2.75, 3.05) is 0 Å². The molecule has 1 aromatic heterocycles. The Morgan fingerprint density at radius 3 is 2.75 bits per heavy atom. The van der Waals surface area contributed by atoms with Crippen LogP contribution in [0.5, 0.6) is 0 Å². The third kappa shape index (κ3) is 4.21. The van der Waals surface area contributed by atoms with Crippen molar-refractivity contribution in [2.45, 2.75) is 50.7 Å². The first-order valence-corrected chi connectivity index (χ1v) is 8.22. The van der Waals surface area contributed by atoms with Crippen molar-refractivity contribution in [2.24, 2.45) is 5.16 Å². The fourth-order valence-corrected chi connectivity index (χ4v) is 2.89. The highest BCUT2D eigenvalue weighted by atomic mass is 16.6. The van der Waals surface area contributed by atoms with E-state index < -0.39 is 18.0 Å². The Bertz CT molecular complexity index is 613. The molecule has 1 saturated carbocycles. The minimum atomic E-state index is -0.754. The lowest BCUT2D eigenvalue weighted by atomic mass is 9.96. The van der Waals surface area contributed by atoms with Gasteiger partial charge in [-0.2, -0.15) is 0 Å². The van der Waals surface area contributed by atoms with Crippen LogP contribution in [0.3, 0.4) is 0 Å². The predicted molar refractivity (Wildman–Crippen MR) is 86.9 cm³/mol. The van der Waals surface area contributed by atoms with Crippen LogP contribution in [0, 0.1) is 0 Å². The van der Waals surface area contributed by atoms with Crippen molar-refractivity contribution in [1.82, 2.24) is 21.2 Å². The van der Waals surface area contributed by atoms with Crippen LogP contribution in [-0.2, 0) is 9.63 Å². The average Bonchev–Trinajstić information content (AvgIpc) is 3.11. The summed E-state index contributed by atoms with van der Waals surface area (Å²) in [4.78, 5) is 33.0. The van der Waals surface area contributed by atoms with Crippen LogP contribution in [0.1, 0.15) is 44.1 Å². The third-order valence-electron chi connectivity index (χ3n) is 4.20. The molecule has 0 aromatic carbocycles. The largest absolute Gasteiger partial charge is 0.382 e. The second kappa shape index (κ2) is 7.76. The molecule has 3 rings (SSSR count). The van der Waals surface area contributed by atoms with Crippen LogP contribution in [0.15, 0.2) is 29.7 Å². The molecule has 2 aliphatic rings. The van der Waals surface area contributed by atoms with Crippen molar-refractivity contribution >= 4 is 17.6 Å². The molecule has 0 bridgehead atoms. The maximum absolute atomic E-state index is 12.1. The van der Waals surface area contributed by atoms with Crippen LogP contribution in [0.25, 0.3) is 0 Å². The second-order valence-electron chi connectivity index (χ2n) is 6.00. The highest BCUT2D eigenvalue weighted by molar-refractivity contribution is 6.03. The number of oxime groups is 1. The summed E-state index contributed by atoms with van der Waals surface area (Å²) in [6.45, 7) is 0. The lowest BCUT2D eigenvalue weighted by Gasteiger charge is -2.23. The van der Waals surface area contributed by atoms with Gasteiger partial charge in [0, 0.05) is 30.4 Å². The van der Waals surface area contributed by atoms with Gasteiger partial charge < -0.3 is 10.2 Å². The van der Waals surface area contributed by atoms with Crippen molar-refractivity contribution < 1.29 is 14.4 Å². The fraction of sp³-hybridized carbons (Fsp3) is 0.500. The number of rotatable bonds is 3. The first-order chi connectivity index (χ1) is 11.7. The Kier molecular flexibility index (Phi) is 5.25. The van der Waals surface area contributed by atoms with Gasteiger partial charge in [-0.25, -0.2) is 10.2 Å². The Morgan fingerprint density at radius 1 is 1.17 bits per heavy atom. The molecule has 3 amide bonds. The first kappa shape index (κ1) is 16.2. The summed E-state index contributed by atoms with van der Waals surface area (Å²) in [6.07, 6.45) is 8.35. The highest BCUT2D eigenvalue weighted by Gasteiger charge is 2.29. The van der Waals surface area contributed by atoms with Crippen LogP contribution < -0.4 is 16.2 Å². The van der Waals surface area contributed by atoms with Gasteiger partial charge in [0.05, 0.1) is 5.71 Å². The van der Waals surface area contributed by atoms with Gasteiger partial charge in [-0.15, -0.1) is 0 Å². The maximum Gasteiger partial charge on any atom is 0.333 e. The molecule has 1 atom stereocenters. The van der Waals surface area contributed by atoms with Crippen molar-refractivity contribution in [3.05, 3.63) is 30.1 Å². The molecule has 0 saturated heterocycles. The third-order valence-corrected chi connectivity index (χ3v) is 4.20. The molecule has 24 heavy (non-hydrogen) atoms. The number of nitrogens with one attached hydrogen (secondary N) is 3. The molecule has 8 nitrogen and oxygen atoms in total. The van der Waals surface area contributed by atoms with Crippen molar-refractivity contribution in [3.8, 4) is 0 Å². The van der Waals surface area contributed by atoms with Crippen LogP contribution >= 0.6 is 0 Å². The van der Waals surface area contributed by atoms with Crippen LogP contribution in [-0.4, -0.2) is 34.8 Å². The molecule has 0 radical (unpaired) electrons. The van der Waals surface area contributed by atoms with Crippen LogP contribution in [0.4, 0.5) is 4.79 Å². The van der Waals surface area contributed by atoms with E-state index in [1.807, 2.05) is 6.07 Å². The Balaban J connectivity index is 1.41. The second-order valence-corrected chi connectivity index (χ2v) is 6.00. The van der Waals surface area contributed by atoms with Gasteiger partial charge >= 0.3 is 6.03 Å². The molecule has 3 N–H and O–H groups in total. The number of pyridine rings is 1. The van der Waals surface area contributed by atoms with Gasteiger partial charge in [-0.3, -0.25) is 15.2 Å². The number of urea groups is 1. The van der Waals surface area contributed by atoms with E-state index in [0.717, 1.165) is 31.2 Å². The molecule has 8 heteroatoms. The Morgan fingerprint density at radius 2 is 2.00 bits per heavy atom. The van der Waals surface area contributed by atoms with Gasteiger partial charge in [-0.05, 0) is 25.0 Å². The number of hydrogen-bond donors (Lipinski definition) is 3. The first-order valence-electron chi connectivity index (χ1n) is 8.22. The standard InChI is InChI=1S/C16H21N5O3/c22-15(19-20-16(23)18-12-6-2-1-3-7-12)14-9-13(21-24-14)11-5-4-8-17-10-11/h4-5,8,10,12,14H,1-3,6-7,9H2,(H,19,22)(H2,18,20,23)/t14-/m0/s1. The van der Waals surface area contributed by atoms with E-state index in [4.69, 9.17) is 4.84 Å². The summed E-state index contributed by atoms with van der Waals surface area (Å²) in [5, 5.41) is 6.77. The minimum absolute atomic E-state index is 0.180. The molecule has 2 heterocycles. The van der Waals surface area contributed by atoms with Gasteiger partial charge in [-0.1, -0.05) is 24.4 Å². The summed E-state index contributed by atoms with van der Waals surface area (Å²) in [5.74, 6) is -0.434. The van der Waals surface area contributed by atoms with Crippen LogP contribution in [0.2, 0.25) is 0 Å². The summed E-state index contributed by atoms with van der Waals surface area (Å²) in [5.41, 5.74) is 6.22. The normalized spacial score (nSPS) is 20.7. The monoisotopic (exact) mass is 331 g/mol. The molecular formula is C16H21N5O3. The maximum atomic E-state index is 12.1. The summed E-state index contributed by atoms with van der Waals surface area (Å²) >= 11 is 0. The molecular weight excluding hydrogens is 310 g/mol. The number of amides is 3. The zero-order valence-electron chi connectivity index (χ0n) is 13.3. The number of hydrogen-bond acceptors (Lipinski definition) is 5. The van der Waals surface area contributed by atoms with E-state index in [9.17, 15) is 9.59 Å². The van der Waals surface area contributed by atoms with E-state index in [0.29, 0.717) is 12.1 Å². The number of hydrazine groups is 1. The average molecular weight is 331 g/mol. The number of nitrogens with zero attached hydrogens (tertiary/aromatic N) is 2. The molecule has 1 aromatic rings. The van der Waals surface area contributed by atoms with Gasteiger partial charge in [0.25, 0.3) is 5.91 Å². The van der Waals surface area contributed by atoms with Gasteiger partial charge in [0.1, 0.15) is 0 Å². The van der Waals surface area contributed by atoms with E-state index in [1.54, 1.807) is 18.5 Å². The van der Waals surface area contributed by atoms with Crippen molar-refractivity contribution in [3.63, 3.8) is 0 Å². The van der Waals surface area contributed by atoms with E-state index >= 15 is 0 Å². The fourth-order valence-electron chi connectivity index (χ4n) is 2.89. The van der Waals surface area contributed by atoms with Gasteiger partial charge in [0.15, 0.2) is 0 Å². The lowest BCUT2D eigenvalue weighted by Crippen LogP contribution is -2.52. The van der Waals surface area contributed by atoms with E-state index in [2.05, 4.69) is 26.3 Å². The molecule has 1 aliphatic heterocycles.